The van der Waals surface area contributed by atoms with Gasteiger partial charge in [0.15, 0.2) is 0 Å². The molecular formula is C16H15BrN2O2S. The molecule has 1 aliphatic rings. The van der Waals surface area contributed by atoms with E-state index in [-0.39, 0.29) is 16.8 Å². The summed E-state index contributed by atoms with van der Waals surface area (Å²) in [5.74, 6) is 0.0358. The van der Waals surface area contributed by atoms with E-state index in [0.29, 0.717) is 4.88 Å². The average molecular weight is 379 g/mol. The summed E-state index contributed by atoms with van der Waals surface area (Å²) < 4.78 is 2.42. The molecule has 114 valence electrons. The number of nitrogens with zero attached hydrogens (tertiary/aromatic N) is 2. The van der Waals surface area contributed by atoms with Crippen LogP contribution in [0.2, 0.25) is 0 Å². The van der Waals surface area contributed by atoms with Crippen LogP contribution in [0.25, 0.3) is 11.6 Å². The molecule has 4 nitrogen and oxygen atoms in total. The first kappa shape index (κ1) is 15.2. The number of aromatic hydroxyl groups is 1. The molecule has 2 aromatic rings. The molecule has 0 radical (unpaired) electrons. The topological polar surface area (TPSA) is 54.6 Å². The van der Waals surface area contributed by atoms with Gasteiger partial charge in [-0.05, 0) is 37.6 Å². The van der Waals surface area contributed by atoms with Gasteiger partial charge >= 0.3 is 4.87 Å². The lowest BCUT2D eigenvalue weighted by molar-refractivity contribution is 0.381. The zero-order valence-electron chi connectivity index (χ0n) is 12.2. The third kappa shape index (κ3) is 2.57. The predicted octanol–water partition coefficient (Wildman–Crippen LogP) is 4.61. The molecule has 1 atom stereocenters. The molecule has 1 aliphatic heterocycles. The Bertz CT molecular complexity index is 848. The molecule has 0 aliphatic carbocycles. The molecule has 6 heteroatoms. The molecule has 1 aromatic heterocycles. The molecule has 0 bridgehead atoms. The number of hydrogen-bond acceptors (Lipinski definition) is 4. The molecule has 22 heavy (non-hydrogen) atoms. The van der Waals surface area contributed by atoms with Crippen molar-refractivity contribution in [2.45, 2.75) is 26.3 Å². The third-order valence-corrected chi connectivity index (χ3v) is 5.16. The maximum absolute atomic E-state index is 12.1. The summed E-state index contributed by atoms with van der Waals surface area (Å²) >= 11 is 4.51. The van der Waals surface area contributed by atoms with Crippen LogP contribution in [-0.4, -0.2) is 15.9 Å². The van der Waals surface area contributed by atoms with Gasteiger partial charge in [-0.2, -0.15) is 0 Å². The van der Waals surface area contributed by atoms with Crippen LogP contribution in [0.4, 0.5) is 5.69 Å². The summed E-state index contributed by atoms with van der Waals surface area (Å²) in [4.78, 5) is 16.9. The number of benzene rings is 1. The number of fused-ring (bicyclic) bond motifs is 1. The van der Waals surface area contributed by atoms with Gasteiger partial charge in [0.1, 0.15) is 0 Å². The number of hydrogen-bond donors (Lipinski definition) is 1. The maximum atomic E-state index is 12.1. The van der Waals surface area contributed by atoms with Crippen LogP contribution >= 0.6 is 27.3 Å². The molecule has 0 unspecified atom stereocenters. The largest absolute Gasteiger partial charge is 0.493 e. The minimum atomic E-state index is -0.136. The fourth-order valence-corrected chi connectivity index (χ4v) is 3.67. The van der Waals surface area contributed by atoms with Crippen molar-refractivity contribution < 1.29 is 5.11 Å². The Labute approximate surface area is 140 Å². The molecule has 0 amide bonds. The van der Waals surface area contributed by atoms with Crippen LogP contribution in [0.15, 0.2) is 32.5 Å². The molecule has 1 N–H and O–H groups in total. The Morgan fingerprint density at radius 2 is 2.27 bits per heavy atom. The number of halogens is 1. The first-order valence-electron chi connectivity index (χ1n) is 7.01. The summed E-state index contributed by atoms with van der Waals surface area (Å²) in [6.45, 7) is 3.91. The first-order chi connectivity index (χ1) is 10.5. The molecule has 0 saturated carbocycles. The SMILES string of the molecule is CC[C@@H](C)n1c(O)c(/C=C2\C=Nc3ccc(Br)cc32)sc1=O. The third-order valence-electron chi connectivity index (χ3n) is 3.77. The van der Waals surface area contributed by atoms with Gasteiger partial charge in [-0.1, -0.05) is 34.2 Å². The summed E-state index contributed by atoms with van der Waals surface area (Å²) in [7, 11) is 0. The average Bonchev–Trinajstić information content (AvgIpc) is 3.00. The number of rotatable bonds is 3. The summed E-state index contributed by atoms with van der Waals surface area (Å²) in [5.41, 5.74) is 2.77. The van der Waals surface area contributed by atoms with Crippen LogP contribution in [0, 0.1) is 0 Å². The first-order valence-corrected chi connectivity index (χ1v) is 8.62. The molecule has 1 aromatic carbocycles. The maximum Gasteiger partial charge on any atom is 0.310 e. The van der Waals surface area contributed by atoms with E-state index in [9.17, 15) is 9.90 Å². The van der Waals surface area contributed by atoms with Gasteiger partial charge in [-0.3, -0.25) is 14.4 Å². The second-order valence-electron chi connectivity index (χ2n) is 5.20. The van der Waals surface area contributed by atoms with Gasteiger partial charge in [-0.25, -0.2) is 0 Å². The van der Waals surface area contributed by atoms with Gasteiger partial charge in [0.2, 0.25) is 5.88 Å². The lowest BCUT2D eigenvalue weighted by Gasteiger charge is -2.10. The summed E-state index contributed by atoms with van der Waals surface area (Å²) in [6.07, 6.45) is 4.37. The Balaban J connectivity index is 2.07. The van der Waals surface area contributed by atoms with E-state index in [0.717, 1.165) is 39.1 Å². The number of thiazole rings is 1. The number of aromatic nitrogens is 1. The highest BCUT2D eigenvalue weighted by Gasteiger charge is 2.18. The fraction of sp³-hybridized carbons (Fsp3) is 0.250. The molecule has 0 spiro atoms. The highest BCUT2D eigenvalue weighted by atomic mass is 79.9. The quantitative estimate of drug-likeness (QED) is 0.847. The Morgan fingerprint density at radius 3 is 3.00 bits per heavy atom. The lowest BCUT2D eigenvalue weighted by Crippen LogP contribution is -2.16. The van der Waals surface area contributed by atoms with Crippen LogP contribution in [0.5, 0.6) is 5.88 Å². The van der Waals surface area contributed by atoms with Gasteiger partial charge in [0, 0.05) is 27.9 Å². The molecule has 0 saturated heterocycles. The van der Waals surface area contributed by atoms with Crippen molar-refractivity contribution in [3.8, 4) is 5.88 Å². The summed E-state index contributed by atoms with van der Waals surface area (Å²) in [5, 5.41) is 10.3. The molecule has 3 rings (SSSR count). The van der Waals surface area contributed by atoms with Gasteiger partial charge in [0.05, 0.1) is 10.6 Å². The normalized spacial score (nSPS) is 16.2. The predicted molar refractivity (Wildman–Crippen MR) is 95.4 cm³/mol. The van der Waals surface area contributed by atoms with E-state index in [1.165, 1.54) is 4.57 Å². The number of allylic oxidation sites excluding steroid dienone is 1. The van der Waals surface area contributed by atoms with E-state index in [1.54, 1.807) is 6.21 Å². The second kappa shape index (κ2) is 5.85. The lowest BCUT2D eigenvalue weighted by atomic mass is 10.1. The smallest absolute Gasteiger partial charge is 0.310 e. The van der Waals surface area contributed by atoms with Crippen LogP contribution in [0.1, 0.15) is 36.8 Å². The zero-order valence-corrected chi connectivity index (χ0v) is 14.6. The van der Waals surface area contributed by atoms with Crippen LogP contribution < -0.4 is 4.87 Å². The Kier molecular flexibility index (Phi) is 4.06. The molecule has 0 fully saturated rings. The highest BCUT2D eigenvalue weighted by Crippen LogP contribution is 2.36. The van der Waals surface area contributed by atoms with Gasteiger partial charge in [-0.15, -0.1) is 0 Å². The molecular weight excluding hydrogens is 364 g/mol. The van der Waals surface area contributed by atoms with Crippen molar-refractivity contribution in [1.82, 2.24) is 4.57 Å². The van der Waals surface area contributed by atoms with E-state index in [4.69, 9.17) is 0 Å². The van der Waals surface area contributed by atoms with Crippen LogP contribution in [0.3, 0.4) is 0 Å². The zero-order chi connectivity index (χ0) is 15.9. The minimum absolute atomic E-state index is 0.0189. The summed E-state index contributed by atoms with van der Waals surface area (Å²) in [6, 6.07) is 5.84. The highest BCUT2D eigenvalue weighted by molar-refractivity contribution is 9.10. The van der Waals surface area contributed by atoms with Gasteiger partial charge < -0.3 is 5.11 Å². The second-order valence-corrected chi connectivity index (χ2v) is 7.11. The van der Waals surface area contributed by atoms with Crippen molar-refractivity contribution >= 4 is 50.8 Å². The van der Waals surface area contributed by atoms with Crippen molar-refractivity contribution in [2.24, 2.45) is 4.99 Å². The fourth-order valence-electron chi connectivity index (χ4n) is 2.38. The van der Waals surface area contributed by atoms with Crippen molar-refractivity contribution in [2.75, 3.05) is 0 Å². The van der Waals surface area contributed by atoms with Crippen molar-refractivity contribution in [3.05, 3.63) is 42.8 Å². The Morgan fingerprint density at radius 1 is 1.50 bits per heavy atom. The molecule has 2 heterocycles. The van der Waals surface area contributed by atoms with E-state index < -0.39 is 0 Å². The van der Waals surface area contributed by atoms with Gasteiger partial charge in [0.25, 0.3) is 0 Å². The van der Waals surface area contributed by atoms with Crippen LogP contribution in [-0.2, 0) is 0 Å². The minimum Gasteiger partial charge on any atom is -0.493 e. The Hall–Kier alpha value is -1.66. The van der Waals surface area contributed by atoms with Crippen molar-refractivity contribution in [1.29, 1.82) is 0 Å². The van der Waals surface area contributed by atoms with E-state index >= 15 is 0 Å². The standard InChI is InChI=1S/C16H15BrN2O2S/c1-3-9(2)19-15(20)14(22-16(19)21)6-10-8-18-13-5-4-11(17)7-12(10)13/h4-9,20H,3H2,1-2H3/b10-6+/t9-/m1/s1. The monoisotopic (exact) mass is 378 g/mol. The van der Waals surface area contributed by atoms with E-state index in [1.807, 2.05) is 38.1 Å². The van der Waals surface area contributed by atoms with Crippen molar-refractivity contribution in [3.63, 3.8) is 0 Å². The van der Waals surface area contributed by atoms with E-state index in [2.05, 4.69) is 20.9 Å². The number of aliphatic imine (C=N–C) groups is 1.